The zero-order valence-electron chi connectivity index (χ0n) is 10.9. The highest BCUT2D eigenvalue weighted by atomic mass is 15.3. The van der Waals surface area contributed by atoms with Gasteiger partial charge in [-0.1, -0.05) is 43.7 Å². The summed E-state index contributed by atoms with van der Waals surface area (Å²) in [6.45, 7) is 8.26. The monoisotopic (exact) mass is 231 g/mol. The minimum Gasteiger partial charge on any atom is -0.370 e. The zero-order chi connectivity index (χ0) is 12.4. The van der Waals surface area contributed by atoms with Crippen LogP contribution < -0.4 is 5.73 Å². The van der Waals surface area contributed by atoms with E-state index in [1.807, 2.05) is 0 Å². The lowest BCUT2D eigenvalue weighted by atomic mass is 10.0. The molecule has 1 atom stereocenters. The predicted molar refractivity (Wildman–Crippen MR) is 72.0 cm³/mol. The number of aliphatic imine (C=N–C) groups is 1. The molecule has 0 amide bonds. The Morgan fingerprint density at radius 2 is 2.00 bits per heavy atom. The van der Waals surface area contributed by atoms with Crippen LogP contribution in [0.1, 0.15) is 31.0 Å². The van der Waals surface area contributed by atoms with Crippen LogP contribution in [0.4, 0.5) is 0 Å². The molecule has 2 rings (SSSR count). The molecule has 1 heterocycles. The first-order chi connectivity index (χ1) is 8.08. The topological polar surface area (TPSA) is 41.6 Å². The molecule has 3 nitrogen and oxygen atoms in total. The molecule has 2 N–H and O–H groups in total. The van der Waals surface area contributed by atoms with Gasteiger partial charge in [0.25, 0.3) is 0 Å². The summed E-state index contributed by atoms with van der Waals surface area (Å²) in [6.07, 6.45) is 0. The van der Waals surface area contributed by atoms with E-state index in [-0.39, 0.29) is 0 Å². The number of benzene rings is 1. The van der Waals surface area contributed by atoms with E-state index in [9.17, 15) is 0 Å². The van der Waals surface area contributed by atoms with Crippen LogP contribution in [0.15, 0.2) is 29.3 Å². The Morgan fingerprint density at radius 3 is 2.59 bits per heavy atom. The maximum atomic E-state index is 5.96. The van der Waals surface area contributed by atoms with Crippen molar-refractivity contribution in [3.8, 4) is 0 Å². The van der Waals surface area contributed by atoms with Crippen LogP contribution in [0.25, 0.3) is 0 Å². The highest BCUT2D eigenvalue weighted by molar-refractivity contribution is 5.80. The van der Waals surface area contributed by atoms with E-state index < -0.39 is 0 Å². The molecule has 1 aliphatic heterocycles. The van der Waals surface area contributed by atoms with E-state index >= 15 is 0 Å². The number of aryl methyl sites for hydroxylation is 1. The number of hydrogen-bond acceptors (Lipinski definition) is 3. The van der Waals surface area contributed by atoms with Gasteiger partial charge in [-0.05, 0) is 18.4 Å². The highest BCUT2D eigenvalue weighted by Crippen LogP contribution is 2.26. The Hall–Kier alpha value is -1.51. The minimum atomic E-state index is 0.318. The van der Waals surface area contributed by atoms with Crippen molar-refractivity contribution in [3.63, 3.8) is 0 Å². The molecule has 17 heavy (non-hydrogen) atoms. The van der Waals surface area contributed by atoms with Crippen molar-refractivity contribution in [3.05, 3.63) is 35.4 Å². The molecule has 3 heteroatoms. The summed E-state index contributed by atoms with van der Waals surface area (Å²) in [6, 6.07) is 8.98. The fraction of sp³-hybridized carbons (Fsp3) is 0.500. The standard InChI is InChI=1S/C14H21N3/c1-10(2)9-17-13(8-16-14(17)15)12-6-4-11(3)5-7-12/h4-7,10,13H,8-9H2,1-3H3,(H2,15,16). The summed E-state index contributed by atoms with van der Waals surface area (Å²) in [4.78, 5) is 6.59. The van der Waals surface area contributed by atoms with Gasteiger partial charge in [0, 0.05) is 6.54 Å². The molecule has 0 aliphatic carbocycles. The molecule has 0 radical (unpaired) electrons. The SMILES string of the molecule is Cc1ccc(C2CN=C(N)N2CC(C)C)cc1. The number of hydrogen-bond donors (Lipinski definition) is 1. The molecule has 0 saturated heterocycles. The zero-order valence-corrected chi connectivity index (χ0v) is 10.9. The van der Waals surface area contributed by atoms with Crippen LogP contribution in [-0.4, -0.2) is 23.9 Å². The van der Waals surface area contributed by atoms with Gasteiger partial charge in [0.1, 0.15) is 0 Å². The third-order valence-electron chi connectivity index (χ3n) is 3.12. The molecule has 0 saturated carbocycles. The first kappa shape index (κ1) is 12.0. The van der Waals surface area contributed by atoms with Crippen LogP contribution >= 0.6 is 0 Å². The lowest BCUT2D eigenvalue weighted by Crippen LogP contribution is -2.38. The van der Waals surface area contributed by atoms with E-state index in [4.69, 9.17) is 5.73 Å². The summed E-state index contributed by atoms with van der Waals surface area (Å²) in [5.41, 5.74) is 8.55. The van der Waals surface area contributed by atoms with Gasteiger partial charge in [0.05, 0.1) is 12.6 Å². The van der Waals surface area contributed by atoms with Gasteiger partial charge in [-0.25, -0.2) is 0 Å². The number of rotatable bonds is 3. The molecular formula is C14H21N3. The summed E-state index contributed by atoms with van der Waals surface area (Å²) in [5, 5.41) is 0. The van der Waals surface area contributed by atoms with E-state index in [2.05, 4.69) is 54.9 Å². The highest BCUT2D eigenvalue weighted by Gasteiger charge is 2.27. The first-order valence-electron chi connectivity index (χ1n) is 6.21. The van der Waals surface area contributed by atoms with Crippen molar-refractivity contribution in [2.45, 2.75) is 26.8 Å². The molecule has 92 valence electrons. The third-order valence-corrected chi connectivity index (χ3v) is 3.12. The molecule has 0 spiro atoms. The fourth-order valence-electron chi connectivity index (χ4n) is 2.22. The lowest BCUT2D eigenvalue weighted by Gasteiger charge is -2.28. The maximum absolute atomic E-state index is 5.96. The van der Waals surface area contributed by atoms with Crippen molar-refractivity contribution in [1.82, 2.24) is 4.90 Å². The second kappa shape index (κ2) is 4.78. The maximum Gasteiger partial charge on any atom is 0.191 e. The molecule has 1 unspecified atom stereocenters. The van der Waals surface area contributed by atoms with Crippen molar-refractivity contribution in [1.29, 1.82) is 0 Å². The van der Waals surface area contributed by atoms with Crippen LogP contribution in [0.5, 0.6) is 0 Å². The van der Waals surface area contributed by atoms with Crippen LogP contribution in [0.3, 0.4) is 0 Å². The van der Waals surface area contributed by atoms with Gasteiger partial charge in [0.15, 0.2) is 5.96 Å². The second-order valence-electron chi connectivity index (χ2n) is 5.17. The van der Waals surface area contributed by atoms with E-state index in [1.54, 1.807) is 0 Å². The van der Waals surface area contributed by atoms with Gasteiger partial charge >= 0.3 is 0 Å². The molecule has 0 bridgehead atoms. The first-order valence-corrected chi connectivity index (χ1v) is 6.21. The molecule has 1 aromatic carbocycles. The molecule has 1 aromatic rings. The van der Waals surface area contributed by atoms with E-state index in [0.717, 1.165) is 13.1 Å². The van der Waals surface area contributed by atoms with Crippen LogP contribution in [0.2, 0.25) is 0 Å². The third kappa shape index (κ3) is 2.60. The Balaban J connectivity index is 2.18. The molecule has 0 fully saturated rings. The average Bonchev–Trinajstić information content (AvgIpc) is 2.61. The molecule has 1 aliphatic rings. The van der Waals surface area contributed by atoms with Gasteiger partial charge in [-0.3, -0.25) is 4.99 Å². The van der Waals surface area contributed by atoms with Gasteiger partial charge in [0.2, 0.25) is 0 Å². The second-order valence-corrected chi connectivity index (χ2v) is 5.17. The van der Waals surface area contributed by atoms with Gasteiger partial charge in [-0.2, -0.15) is 0 Å². The van der Waals surface area contributed by atoms with Crippen molar-refractivity contribution in [2.24, 2.45) is 16.6 Å². The Bertz CT molecular complexity index is 406. The summed E-state index contributed by atoms with van der Waals surface area (Å²) in [7, 11) is 0. The largest absolute Gasteiger partial charge is 0.370 e. The van der Waals surface area contributed by atoms with Crippen LogP contribution in [0, 0.1) is 12.8 Å². The van der Waals surface area contributed by atoms with E-state index in [1.165, 1.54) is 11.1 Å². The van der Waals surface area contributed by atoms with Crippen LogP contribution in [-0.2, 0) is 0 Å². The predicted octanol–water partition coefficient (Wildman–Crippen LogP) is 2.32. The van der Waals surface area contributed by atoms with Gasteiger partial charge < -0.3 is 10.6 Å². The van der Waals surface area contributed by atoms with E-state index in [0.29, 0.717) is 17.9 Å². The Kier molecular flexibility index (Phi) is 3.36. The molecular weight excluding hydrogens is 210 g/mol. The van der Waals surface area contributed by atoms with Crippen molar-refractivity contribution >= 4 is 5.96 Å². The number of guanidine groups is 1. The van der Waals surface area contributed by atoms with Crippen molar-refractivity contribution < 1.29 is 0 Å². The Labute approximate surface area is 103 Å². The normalized spacial score (nSPS) is 19.9. The number of nitrogens with zero attached hydrogens (tertiary/aromatic N) is 2. The van der Waals surface area contributed by atoms with Gasteiger partial charge in [-0.15, -0.1) is 0 Å². The summed E-state index contributed by atoms with van der Waals surface area (Å²) < 4.78 is 0. The average molecular weight is 231 g/mol. The smallest absolute Gasteiger partial charge is 0.191 e. The Morgan fingerprint density at radius 1 is 1.35 bits per heavy atom. The summed E-state index contributed by atoms with van der Waals surface area (Å²) >= 11 is 0. The van der Waals surface area contributed by atoms with Crippen molar-refractivity contribution in [2.75, 3.05) is 13.1 Å². The molecule has 0 aromatic heterocycles. The summed E-state index contributed by atoms with van der Waals surface area (Å²) in [5.74, 6) is 1.28. The lowest BCUT2D eigenvalue weighted by molar-refractivity contribution is 0.309. The minimum absolute atomic E-state index is 0.318. The fourth-order valence-corrected chi connectivity index (χ4v) is 2.22. The quantitative estimate of drug-likeness (QED) is 0.867. The number of nitrogens with two attached hydrogens (primary N) is 1.